The molecule has 0 unspecified atom stereocenters. The van der Waals surface area contributed by atoms with Gasteiger partial charge >= 0.3 is 6.18 Å². The number of nitrogens with one attached hydrogen (secondary N) is 1. The van der Waals surface area contributed by atoms with Gasteiger partial charge in [0.1, 0.15) is 5.75 Å². The SMILES string of the molecule is Cc1cc([C@H]2[C@H](c3ccccn3)NC(=S)N2c2ccccc2O)c(C)n1-c1ccccc1C(F)(F)F. The third kappa shape index (κ3) is 3.99. The van der Waals surface area contributed by atoms with Crippen molar-refractivity contribution < 1.29 is 18.3 Å². The van der Waals surface area contributed by atoms with E-state index in [1.54, 1.807) is 54.9 Å². The number of rotatable bonds is 4. The zero-order chi connectivity index (χ0) is 25.6. The Kier molecular flexibility index (Phi) is 5.96. The highest BCUT2D eigenvalue weighted by Crippen LogP contribution is 2.46. The molecule has 1 saturated heterocycles. The van der Waals surface area contributed by atoms with E-state index >= 15 is 0 Å². The monoisotopic (exact) mass is 508 g/mol. The van der Waals surface area contributed by atoms with E-state index in [9.17, 15) is 18.3 Å². The van der Waals surface area contributed by atoms with E-state index in [0.717, 1.165) is 17.3 Å². The maximum Gasteiger partial charge on any atom is 0.418 e. The molecule has 5 rings (SSSR count). The van der Waals surface area contributed by atoms with Crippen molar-refractivity contribution >= 4 is 23.0 Å². The van der Waals surface area contributed by atoms with Crippen molar-refractivity contribution in [2.75, 3.05) is 4.90 Å². The van der Waals surface area contributed by atoms with Gasteiger partial charge in [0.25, 0.3) is 0 Å². The van der Waals surface area contributed by atoms with Crippen LogP contribution in [0.1, 0.15) is 40.3 Å². The quantitative estimate of drug-likeness (QED) is 0.313. The van der Waals surface area contributed by atoms with E-state index in [1.165, 1.54) is 12.1 Å². The zero-order valence-electron chi connectivity index (χ0n) is 19.5. The Labute approximate surface area is 211 Å². The van der Waals surface area contributed by atoms with Crippen LogP contribution in [0.5, 0.6) is 5.75 Å². The minimum atomic E-state index is -4.51. The van der Waals surface area contributed by atoms with E-state index in [2.05, 4.69) is 10.3 Å². The fourth-order valence-electron chi connectivity index (χ4n) is 4.96. The summed E-state index contributed by atoms with van der Waals surface area (Å²) >= 11 is 5.70. The second-order valence-corrected chi connectivity index (χ2v) is 9.05. The van der Waals surface area contributed by atoms with E-state index in [0.29, 0.717) is 22.2 Å². The number of alkyl halides is 3. The average Bonchev–Trinajstić information content (AvgIpc) is 3.34. The summed E-state index contributed by atoms with van der Waals surface area (Å²) in [5, 5.41) is 14.4. The molecule has 0 saturated carbocycles. The molecule has 0 aliphatic carbocycles. The molecule has 184 valence electrons. The summed E-state index contributed by atoms with van der Waals surface area (Å²) in [6, 6.07) is 19.0. The summed E-state index contributed by atoms with van der Waals surface area (Å²) in [6.07, 6.45) is -2.82. The molecule has 5 nitrogen and oxygen atoms in total. The van der Waals surface area contributed by atoms with Crippen molar-refractivity contribution in [2.24, 2.45) is 0 Å². The maximum absolute atomic E-state index is 13.9. The van der Waals surface area contributed by atoms with Gasteiger partial charge in [-0.25, -0.2) is 0 Å². The molecule has 1 aliphatic heterocycles. The first-order chi connectivity index (χ1) is 17.2. The summed E-state index contributed by atoms with van der Waals surface area (Å²) in [6.45, 7) is 3.58. The van der Waals surface area contributed by atoms with Crippen molar-refractivity contribution in [1.29, 1.82) is 0 Å². The standard InChI is InChI=1S/C27H23F3N4OS/c1-16-15-18(17(2)33(16)21-11-4-3-9-19(21)27(28,29)30)25-24(20-10-7-8-14-31-20)32-26(36)34(25)22-12-5-6-13-23(22)35/h3-15,24-25,35H,1-2H3,(H,32,36)/t24-,25-/m0/s1. The molecule has 1 fully saturated rings. The number of aryl methyl sites for hydroxylation is 1. The van der Waals surface area contributed by atoms with Gasteiger partial charge in [-0.3, -0.25) is 4.98 Å². The van der Waals surface area contributed by atoms with Gasteiger partial charge in [-0.15, -0.1) is 0 Å². The summed E-state index contributed by atoms with van der Waals surface area (Å²) < 4.78 is 43.3. The van der Waals surface area contributed by atoms with Crippen LogP contribution in [0.3, 0.4) is 0 Å². The number of benzene rings is 2. The third-order valence-corrected chi connectivity index (χ3v) is 6.79. The summed E-state index contributed by atoms with van der Waals surface area (Å²) in [5.74, 6) is 0.0459. The van der Waals surface area contributed by atoms with Crippen LogP contribution >= 0.6 is 12.2 Å². The molecule has 1 aliphatic rings. The number of para-hydroxylation sites is 3. The van der Waals surface area contributed by atoms with Crippen molar-refractivity contribution in [3.8, 4) is 11.4 Å². The molecule has 2 aromatic heterocycles. The van der Waals surface area contributed by atoms with E-state index in [4.69, 9.17) is 12.2 Å². The zero-order valence-corrected chi connectivity index (χ0v) is 20.3. The average molecular weight is 509 g/mol. The number of anilines is 1. The number of hydrogen-bond donors (Lipinski definition) is 2. The maximum atomic E-state index is 13.9. The topological polar surface area (TPSA) is 53.3 Å². The molecule has 9 heteroatoms. The highest BCUT2D eigenvalue weighted by atomic mass is 32.1. The molecule has 2 aromatic carbocycles. The van der Waals surface area contributed by atoms with Crippen LogP contribution in [0.4, 0.5) is 18.9 Å². The van der Waals surface area contributed by atoms with Gasteiger partial charge in [-0.1, -0.05) is 30.3 Å². The Morgan fingerprint density at radius 2 is 1.61 bits per heavy atom. The summed E-state index contributed by atoms with van der Waals surface area (Å²) in [4.78, 5) is 6.33. The normalized spacial score (nSPS) is 17.9. The summed E-state index contributed by atoms with van der Waals surface area (Å²) in [5.41, 5.74) is 2.63. The number of hydrogen-bond acceptors (Lipinski definition) is 3. The second-order valence-electron chi connectivity index (χ2n) is 8.66. The van der Waals surface area contributed by atoms with Crippen molar-refractivity contribution in [1.82, 2.24) is 14.9 Å². The lowest BCUT2D eigenvalue weighted by atomic mass is 9.96. The lowest BCUT2D eigenvalue weighted by Gasteiger charge is -2.28. The Morgan fingerprint density at radius 1 is 0.944 bits per heavy atom. The minimum absolute atomic E-state index is 0.0459. The molecule has 3 heterocycles. The van der Waals surface area contributed by atoms with Crippen LogP contribution in [0, 0.1) is 13.8 Å². The summed E-state index contributed by atoms with van der Waals surface area (Å²) in [7, 11) is 0. The molecule has 2 atom stereocenters. The lowest BCUT2D eigenvalue weighted by Crippen LogP contribution is -2.29. The van der Waals surface area contributed by atoms with Gasteiger partial charge in [0, 0.05) is 17.6 Å². The van der Waals surface area contributed by atoms with Gasteiger partial charge in [0.2, 0.25) is 0 Å². The second kappa shape index (κ2) is 8.98. The smallest absolute Gasteiger partial charge is 0.418 e. The first kappa shape index (κ1) is 23.9. The van der Waals surface area contributed by atoms with E-state index in [-0.39, 0.29) is 11.4 Å². The third-order valence-electron chi connectivity index (χ3n) is 6.48. The number of phenols is 1. The van der Waals surface area contributed by atoms with Crippen LogP contribution in [0.25, 0.3) is 5.69 Å². The minimum Gasteiger partial charge on any atom is -0.506 e. The highest BCUT2D eigenvalue weighted by Gasteiger charge is 2.43. The Hall–Kier alpha value is -3.85. The van der Waals surface area contributed by atoms with Gasteiger partial charge in [-0.05, 0) is 74.1 Å². The predicted octanol–water partition coefficient (Wildman–Crippen LogP) is 6.39. The predicted molar refractivity (Wildman–Crippen MR) is 136 cm³/mol. The van der Waals surface area contributed by atoms with Gasteiger partial charge in [-0.2, -0.15) is 13.2 Å². The number of aromatic hydroxyl groups is 1. The first-order valence-corrected chi connectivity index (χ1v) is 11.7. The van der Waals surface area contributed by atoms with Crippen LogP contribution in [0.15, 0.2) is 79.0 Å². The number of nitrogens with zero attached hydrogens (tertiary/aromatic N) is 3. The van der Waals surface area contributed by atoms with Gasteiger partial charge in [0.15, 0.2) is 5.11 Å². The molecule has 36 heavy (non-hydrogen) atoms. The molecule has 2 N–H and O–H groups in total. The molecule has 0 spiro atoms. The molecule has 0 amide bonds. The molecule has 0 radical (unpaired) electrons. The van der Waals surface area contributed by atoms with Gasteiger partial charge in [0.05, 0.1) is 34.7 Å². The van der Waals surface area contributed by atoms with E-state index < -0.39 is 23.8 Å². The molecular weight excluding hydrogens is 485 g/mol. The number of pyridine rings is 1. The Bertz CT molecular complexity index is 1430. The fraction of sp³-hybridized carbons (Fsp3) is 0.185. The molecule has 4 aromatic rings. The Morgan fingerprint density at radius 3 is 2.28 bits per heavy atom. The van der Waals surface area contributed by atoms with Crippen LogP contribution < -0.4 is 10.2 Å². The Balaban J connectivity index is 1.72. The number of halogens is 3. The van der Waals surface area contributed by atoms with Crippen LogP contribution in [0.2, 0.25) is 0 Å². The number of thiocarbonyl (C=S) groups is 1. The molecule has 0 bridgehead atoms. The lowest BCUT2D eigenvalue weighted by molar-refractivity contribution is -0.137. The van der Waals surface area contributed by atoms with Gasteiger partial charge < -0.3 is 19.9 Å². The first-order valence-electron chi connectivity index (χ1n) is 11.3. The number of aromatic nitrogens is 2. The fourth-order valence-corrected chi connectivity index (χ4v) is 5.30. The van der Waals surface area contributed by atoms with Crippen LogP contribution in [-0.4, -0.2) is 19.8 Å². The van der Waals surface area contributed by atoms with Crippen LogP contribution in [-0.2, 0) is 6.18 Å². The van der Waals surface area contributed by atoms with E-state index in [1.807, 2.05) is 29.2 Å². The van der Waals surface area contributed by atoms with Crippen molar-refractivity contribution in [2.45, 2.75) is 32.1 Å². The largest absolute Gasteiger partial charge is 0.506 e. The van der Waals surface area contributed by atoms with Crippen molar-refractivity contribution in [3.63, 3.8) is 0 Å². The number of phenolic OH excluding ortho intramolecular Hbond substituents is 1. The molecular formula is C27H23F3N4OS. The van der Waals surface area contributed by atoms with Crippen molar-refractivity contribution in [3.05, 3.63) is 107 Å². The highest BCUT2D eigenvalue weighted by molar-refractivity contribution is 7.80.